The molecule has 1 N–H and O–H groups in total. The van der Waals surface area contributed by atoms with E-state index in [9.17, 15) is 9.90 Å². The van der Waals surface area contributed by atoms with Crippen LogP contribution in [0.4, 0.5) is 4.79 Å². The van der Waals surface area contributed by atoms with E-state index in [1.54, 1.807) is 7.11 Å². The van der Waals surface area contributed by atoms with Crippen LogP contribution < -0.4 is 4.74 Å². The number of carboxylic acid groups (broad SMARTS) is 1. The molecule has 1 unspecified atom stereocenters. The van der Waals surface area contributed by atoms with Gasteiger partial charge in [0.25, 0.3) is 0 Å². The van der Waals surface area contributed by atoms with E-state index in [4.69, 9.17) is 4.74 Å². The van der Waals surface area contributed by atoms with E-state index in [0.29, 0.717) is 5.92 Å². The number of benzene rings is 2. The number of ether oxygens (including phenoxy) is 1. The average Bonchev–Trinajstić information content (AvgIpc) is 3.61. The van der Waals surface area contributed by atoms with Crippen molar-refractivity contribution in [2.45, 2.75) is 50.6 Å². The first-order valence-corrected chi connectivity index (χ1v) is 12.1. The number of fused-ring (bicyclic) bond motifs is 4. The summed E-state index contributed by atoms with van der Waals surface area (Å²) in [5.41, 5.74) is 5.10. The lowest BCUT2D eigenvalue weighted by atomic mass is 9.73. The molecule has 168 valence electrons. The van der Waals surface area contributed by atoms with Gasteiger partial charge in [0.2, 0.25) is 0 Å². The maximum atomic E-state index is 12.7. The summed E-state index contributed by atoms with van der Waals surface area (Å²) >= 11 is 0. The second-order valence-electron chi connectivity index (χ2n) is 10.3. The normalized spacial score (nSPS) is 29.4. The molecule has 32 heavy (non-hydrogen) atoms. The zero-order chi connectivity index (χ0) is 21.9. The summed E-state index contributed by atoms with van der Waals surface area (Å²) in [5.74, 6) is 1.37. The number of hydrogen-bond acceptors (Lipinski definition) is 3. The van der Waals surface area contributed by atoms with Crippen LogP contribution in [0.25, 0.3) is 11.1 Å². The van der Waals surface area contributed by atoms with Crippen LogP contribution in [-0.2, 0) is 6.42 Å². The smallest absolute Gasteiger partial charge is 0.408 e. The van der Waals surface area contributed by atoms with Crippen LogP contribution in [0.3, 0.4) is 0 Å². The lowest BCUT2D eigenvalue weighted by Gasteiger charge is -2.52. The zero-order valence-electron chi connectivity index (χ0n) is 18.8. The predicted octanol–water partition coefficient (Wildman–Crippen LogP) is 5.20. The Kier molecular flexibility index (Phi) is 4.72. The number of rotatable bonds is 4. The second-order valence-corrected chi connectivity index (χ2v) is 10.3. The summed E-state index contributed by atoms with van der Waals surface area (Å²) in [6.07, 6.45) is 6.00. The van der Waals surface area contributed by atoms with Gasteiger partial charge in [-0.3, -0.25) is 4.90 Å². The Labute approximate surface area is 190 Å². The number of piperidine rings is 3. The monoisotopic (exact) mass is 432 g/mol. The van der Waals surface area contributed by atoms with Crippen molar-refractivity contribution in [1.82, 2.24) is 9.80 Å². The lowest BCUT2D eigenvalue weighted by Crippen LogP contribution is -2.60. The first-order chi connectivity index (χ1) is 15.6. The van der Waals surface area contributed by atoms with Gasteiger partial charge in [0.05, 0.1) is 19.2 Å². The fourth-order valence-electron chi connectivity index (χ4n) is 6.72. The van der Waals surface area contributed by atoms with Crippen LogP contribution in [0.1, 0.15) is 49.3 Å². The minimum atomic E-state index is -0.730. The zero-order valence-corrected chi connectivity index (χ0v) is 18.8. The van der Waals surface area contributed by atoms with Gasteiger partial charge >= 0.3 is 6.09 Å². The molecule has 2 aromatic carbocycles. The van der Waals surface area contributed by atoms with Crippen molar-refractivity contribution in [2.24, 2.45) is 11.3 Å². The number of nitrogens with zero attached hydrogens (tertiary/aromatic N) is 2. The van der Waals surface area contributed by atoms with E-state index in [-0.39, 0.29) is 17.5 Å². The highest BCUT2D eigenvalue weighted by Crippen LogP contribution is 2.63. The molecule has 5 nitrogen and oxygen atoms in total. The average molecular weight is 433 g/mol. The molecule has 7 rings (SSSR count). The van der Waals surface area contributed by atoms with Crippen LogP contribution in [-0.4, -0.2) is 53.8 Å². The predicted molar refractivity (Wildman–Crippen MR) is 124 cm³/mol. The molecule has 5 heteroatoms. The number of amides is 1. The van der Waals surface area contributed by atoms with Crippen molar-refractivity contribution in [3.05, 3.63) is 53.6 Å². The summed E-state index contributed by atoms with van der Waals surface area (Å²) in [6, 6.07) is 15.0. The van der Waals surface area contributed by atoms with E-state index in [0.717, 1.165) is 63.9 Å². The lowest BCUT2D eigenvalue weighted by molar-refractivity contribution is -0.0243. The van der Waals surface area contributed by atoms with Crippen LogP contribution in [0.15, 0.2) is 42.5 Å². The topological polar surface area (TPSA) is 53.0 Å². The number of carbonyl (C=O) groups is 1. The molecule has 0 radical (unpaired) electrons. The van der Waals surface area contributed by atoms with Crippen LogP contribution >= 0.6 is 0 Å². The summed E-state index contributed by atoms with van der Waals surface area (Å²) in [7, 11) is 1.69. The van der Waals surface area contributed by atoms with Gasteiger partial charge in [-0.1, -0.05) is 30.3 Å². The molecule has 3 saturated heterocycles. The molecule has 2 atom stereocenters. The summed E-state index contributed by atoms with van der Waals surface area (Å²) in [4.78, 5) is 17.1. The van der Waals surface area contributed by atoms with Gasteiger partial charge in [-0.05, 0) is 97.3 Å². The molecule has 3 heterocycles. The fourth-order valence-corrected chi connectivity index (χ4v) is 6.72. The Morgan fingerprint density at radius 2 is 1.78 bits per heavy atom. The highest BCUT2D eigenvalue weighted by Gasteiger charge is 2.57. The van der Waals surface area contributed by atoms with Crippen molar-refractivity contribution < 1.29 is 14.6 Å². The van der Waals surface area contributed by atoms with E-state index in [1.807, 2.05) is 17.0 Å². The van der Waals surface area contributed by atoms with E-state index >= 15 is 0 Å². The van der Waals surface area contributed by atoms with Gasteiger partial charge in [-0.25, -0.2) is 4.79 Å². The van der Waals surface area contributed by atoms with Crippen LogP contribution in [0, 0.1) is 11.3 Å². The standard InChI is InChI=1S/C27H32N2O3/c1-32-22-5-2-18(3-6-22)20-4-7-23-21(16-20)8-11-27(12-13-27)25(23)29(26(30)31)24-17-28-14-9-19(24)10-15-28/h2-7,16,19,24-25H,8-15,17H2,1H3,(H,30,31)/t24?,25-/m1/s1. The van der Waals surface area contributed by atoms with Gasteiger partial charge in [-0.15, -0.1) is 0 Å². The van der Waals surface area contributed by atoms with Gasteiger partial charge in [0.15, 0.2) is 0 Å². The summed E-state index contributed by atoms with van der Waals surface area (Å²) in [6.45, 7) is 3.17. The Balaban J connectivity index is 1.38. The minimum Gasteiger partial charge on any atom is -0.497 e. The van der Waals surface area contributed by atoms with Gasteiger partial charge in [-0.2, -0.15) is 0 Å². The highest BCUT2D eigenvalue weighted by atomic mass is 16.5. The largest absolute Gasteiger partial charge is 0.497 e. The molecule has 1 amide bonds. The van der Waals surface area contributed by atoms with E-state index < -0.39 is 6.09 Å². The van der Waals surface area contributed by atoms with Crippen LogP contribution in [0.2, 0.25) is 0 Å². The maximum Gasteiger partial charge on any atom is 0.408 e. The van der Waals surface area contributed by atoms with Crippen molar-refractivity contribution in [2.75, 3.05) is 26.7 Å². The molecule has 1 spiro atoms. The molecular weight excluding hydrogens is 400 g/mol. The summed E-state index contributed by atoms with van der Waals surface area (Å²) < 4.78 is 5.30. The van der Waals surface area contributed by atoms with Crippen LogP contribution in [0.5, 0.6) is 5.75 Å². The van der Waals surface area contributed by atoms with E-state index in [1.165, 1.54) is 22.3 Å². The maximum absolute atomic E-state index is 12.7. The Hall–Kier alpha value is -2.53. The molecule has 2 bridgehead atoms. The quantitative estimate of drug-likeness (QED) is 0.721. The molecule has 3 aliphatic heterocycles. The van der Waals surface area contributed by atoms with Crippen molar-refractivity contribution in [3.8, 4) is 16.9 Å². The third-order valence-electron chi connectivity index (χ3n) is 8.70. The number of methoxy groups -OCH3 is 1. The summed E-state index contributed by atoms with van der Waals surface area (Å²) in [5, 5.41) is 10.5. The Bertz CT molecular complexity index is 1020. The van der Waals surface area contributed by atoms with Crippen molar-refractivity contribution in [1.29, 1.82) is 0 Å². The molecule has 2 aliphatic carbocycles. The van der Waals surface area contributed by atoms with Gasteiger partial charge in [0.1, 0.15) is 5.75 Å². The number of hydrogen-bond donors (Lipinski definition) is 1. The van der Waals surface area contributed by atoms with Crippen molar-refractivity contribution in [3.63, 3.8) is 0 Å². The molecule has 4 fully saturated rings. The highest BCUT2D eigenvalue weighted by molar-refractivity contribution is 5.69. The first-order valence-electron chi connectivity index (χ1n) is 12.1. The van der Waals surface area contributed by atoms with Gasteiger partial charge in [0, 0.05) is 6.54 Å². The molecule has 5 aliphatic rings. The minimum absolute atomic E-state index is 0.000725. The third-order valence-corrected chi connectivity index (χ3v) is 8.70. The molecular formula is C27H32N2O3. The Morgan fingerprint density at radius 1 is 1.06 bits per heavy atom. The van der Waals surface area contributed by atoms with E-state index in [2.05, 4.69) is 35.2 Å². The first kappa shape index (κ1) is 20.1. The van der Waals surface area contributed by atoms with Gasteiger partial charge < -0.3 is 14.7 Å². The molecule has 2 aromatic rings. The Morgan fingerprint density at radius 3 is 2.38 bits per heavy atom. The molecule has 1 saturated carbocycles. The second kappa shape index (κ2) is 7.51. The van der Waals surface area contributed by atoms with Crippen molar-refractivity contribution >= 4 is 6.09 Å². The number of aryl methyl sites for hydroxylation is 1. The fraction of sp³-hybridized carbons (Fsp3) is 0.519. The SMILES string of the molecule is COc1ccc(-c2ccc3c(c2)CCC2(CC2)[C@@H]3N(C(=O)O)C2CN3CCC2CC3)cc1. The third kappa shape index (κ3) is 3.21. The molecule has 0 aromatic heterocycles.